The summed E-state index contributed by atoms with van der Waals surface area (Å²) in [6.45, 7) is 2.17. The SMILES string of the molecule is C.C[C@@H](O)[C@H](NC(=O)c1ccc(C#Cc2ccc(CC(=O)NCCN)cc2)cc1)C(=O)NO. The highest BCUT2D eigenvalue weighted by Crippen LogP contribution is 2.07. The molecule has 9 nitrogen and oxygen atoms in total. The lowest BCUT2D eigenvalue weighted by molar-refractivity contribution is -0.133. The molecule has 33 heavy (non-hydrogen) atoms. The van der Waals surface area contributed by atoms with E-state index in [9.17, 15) is 19.5 Å². The van der Waals surface area contributed by atoms with Crippen molar-refractivity contribution in [3.05, 3.63) is 70.8 Å². The Morgan fingerprint density at radius 3 is 2.03 bits per heavy atom. The standard InChI is InChI=1S/C23H26N4O5.CH4/c1-15(28)21(23(31)27-32)26-22(30)19-10-8-17(9-11-19)3-2-16-4-6-18(7-5-16)14-20(29)25-13-12-24;/h4-11,15,21,28,32H,12-14,24H2,1H3,(H,25,29)(H,26,30)(H,27,31);1H4/t15-,21+;/m1./s1. The van der Waals surface area contributed by atoms with Crippen molar-refractivity contribution in [1.82, 2.24) is 16.1 Å². The molecule has 0 bridgehead atoms. The van der Waals surface area contributed by atoms with Gasteiger partial charge in [-0.2, -0.15) is 0 Å². The van der Waals surface area contributed by atoms with Crippen molar-refractivity contribution >= 4 is 17.7 Å². The van der Waals surface area contributed by atoms with Crippen LogP contribution in [0.15, 0.2) is 48.5 Å². The van der Waals surface area contributed by atoms with Crippen LogP contribution in [0.1, 0.15) is 41.4 Å². The first-order chi connectivity index (χ1) is 15.3. The highest BCUT2D eigenvalue weighted by molar-refractivity contribution is 5.97. The second-order valence-corrected chi connectivity index (χ2v) is 7.01. The molecule has 0 unspecified atom stereocenters. The molecule has 2 rings (SSSR count). The van der Waals surface area contributed by atoms with Crippen LogP contribution in [0, 0.1) is 11.8 Å². The van der Waals surface area contributed by atoms with Gasteiger partial charge in [-0.05, 0) is 48.9 Å². The lowest BCUT2D eigenvalue weighted by Gasteiger charge is -2.19. The number of hydrogen-bond donors (Lipinski definition) is 6. The van der Waals surface area contributed by atoms with E-state index in [1.807, 2.05) is 24.3 Å². The number of nitrogens with two attached hydrogens (primary N) is 1. The molecule has 0 aromatic heterocycles. The number of carbonyl (C=O) groups is 3. The van der Waals surface area contributed by atoms with Crippen LogP contribution in [-0.2, 0) is 16.0 Å². The van der Waals surface area contributed by atoms with Gasteiger partial charge in [-0.25, -0.2) is 5.48 Å². The average molecular weight is 455 g/mol. The van der Waals surface area contributed by atoms with Crippen molar-refractivity contribution in [3.63, 3.8) is 0 Å². The molecule has 9 heteroatoms. The van der Waals surface area contributed by atoms with Crippen molar-refractivity contribution in [2.45, 2.75) is 32.9 Å². The lowest BCUT2D eigenvalue weighted by atomic mass is 10.1. The van der Waals surface area contributed by atoms with E-state index in [4.69, 9.17) is 10.9 Å². The lowest BCUT2D eigenvalue weighted by Crippen LogP contribution is -2.51. The van der Waals surface area contributed by atoms with Gasteiger partial charge in [-0.15, -0.1) is 0 Å². The highest BCUT2D eigenvalue weighted by Gasteiger charge is 2.25. The summed E-state index contributed by atoms with van der Waals surface area (Å²) in [6.07, 6.45) is -0.921. The van der Waals surface area contributed by atoms with E-state index in [1.165, 1.54) is 12.4 Å². The van der Waals surface area contributed by atoms with Crippen molar-refractivity contribution in [2.75, 3.05) is 13.1 Å². The molecule has 0 aliphatic rings. The van der Waals surface area contributed by atoms with Crippen LogP contribution in [0.2, 0.25) is 0 Å². The Hall–Kier alpha value is -3.71. The summed E-state index contributed by atoms with van der Waals surface area (Å²) in [7, 11) is 0. The quantitative estimate of drug-likeness (QED) is 0.192. The molecule has 7 N–H and O–H groups in total. The molecule has 0 radical (unpaired) electrons. The predicted molar refractivity (Wildman–Crippen MR) is 124 cm³/mol. The first-order valence-corrected chi connectivity index (χ1v) is 9.94. The van der Waals surface area contributed by atoms with E-state index in [1.54, 1.807) is 24.3 Å². The molecule has 0 spiro atoms. The number of aliphatic hydroxyl groups excluding tert-OH is 1. The molecule has 176 valence electrons. The molecular weight excluding hydrogens is 424 g/mol. The monoisotopic (exact) mass is 454 g/mol. The second kappa shape index (κ2) is 13.6. The first kappa shape index (κ1) is 27.3. The smallest absolute Gasteiger partial charge is 0.268 e. The van der Waals surface area contributed by atoms with Crippen LogP contribution in [0.25, 0.3) is 0 Å². The van der Waals surface area contributed by atoms with Crippen molar-refractivity contribution < 1.29 is 24.7 Å². The molecule has 0 saturated carbocycles. The zero-order chi connectivity index (χ0) is 23.5. The van der Waals surface area contributed by atoms with Gasteiger partial charge in [-0.1, -0.05) is 31.4 Å². The van der Waals surface area contributed by atoms with Crippen LogP contribution in [-0.4, -0.2) is 53.3 Å². The van der Waals surface area contributed by atoms with E-state index in [0.717, 1.165) is 11.1 Å². The van der Waals surface area contributed by atoms with Gasteiger partial charge in [0.1, 0.15) is 6.04 Å². The Morgan fingerprint density at radius 2 is 1.55 bits per heavy atom. The minimum atomic E-state index is -1.29. The van der Waals surface area contributed by atoms with Crippen LogP contribution in [0.3, 0.4) is 0 Å². The third kappa shape index (κ3) is 8.74. The van der Waals surface area contributed by atoms with E-state index >= 15 is 0 Å². The molecule has 2 atom stereocenters. The summed E-state index contributed by atoms with van der Waals surface area (Å²) in [5.41, 5.74) is 9.35. The normalized spacial score (nSPS) is 11.6. The van der Waals surface area contributed by atoms with Crippen LogP contribution in [0.4, 0.5) is 0 Å². The Balaban J connectivity index is 0.00000544. The summed E-state index contributed by atoms with van der Waals surface area (Å²) in [6, 6.07) is 12.4. The summed E-state index contributed by atoms with van der Waals surface area (Å²) in [5.74, 6) is 4.42. The van der Waals surface area contributed by atoms with Crippen molar-refractivity contribution in [1.29, 1.82) is 0 Å². The van der Waals surface area contributed by atoms with Crippen molar-refractivity contribution in [3.8, 4) is 11.8 Å². The maximum Gasteiger partial charge on any atom is 0.268 e. The molecular formula is C24H30N4O5. The number of benzene rings is 2. The number of nitrogens with one attached hydrogen (secondary N) is 3. The number of hydrogen-bond acceptors (Lipinski definition) is 6. The highest BCUT2D eigenvalue weighted by atomic mass is 16.5. The van der Waals surface area contributed by atoms with Crippen LogP contribution < -0.4 is 21.8 Å². The fourth-order valence-corrected chi connectivity index (χ4v) is 2.71. The number of aliphatic hydroxyl groups is 1. The van der Waals surface area contributed by atoms with Gasteiger partial charge < -0.3 is 21.5 Å². The van der Waals surface area contributed by atoms with E-state index < -0.39 is 24.0 Å². The Kier molecular flexibility index (Phi) is 11.3. The maximum absolute atomic E-state index is 12.3. The molecule has 0 aliphatic heterocycles. The predicted octanol–water partition coefficient (Wildman–Crippen LogP) is 0.325. The largest absolute Gasteiger partial charge is 0.391 e. The van der Waals surface area contributed by atoms with Gasteiger partial charge in [0, 0.05) is 29.8 Å². The minimum Gasteiger partial charge on any atom is -0.391 e. The van der Waals surface area contributed by atoms with Crippen LogP contribution >= 0.6 is 0 Å². The topological polar surface area (TPSA) is 154 Å². The Morgan fingerprint density at radius 1 is 1.00 bits per heavy atom. The first-order valence-electron chi connectivity index (χ1n) is 9.94. The summed E-state index contributed by atoms with van der Waals surface area (Å²) >= 11 is 0. The van der Waals surface area contributed by atoms with Crippen LogP contribution in [0.5, 0.6) is 0 Å². The number of carbonyl (C=O) groups excluding carboxylic acids is 3. The summed E-state index contributed by atoms with van der Waals surface area (Å²) in [4.78, 5) is 35.5. The molecule has 0 fully saturated rings. The van der Waals surface area contributed by atoms with E-state index in [-0.39, 0.29) is 25.3 Å². The minimum absolute atomic E-state index is 0. The van der Waals surface area contributed by atoms with Gasteiger partial charge in [0.25, 0.3) is 11.8 Å². The van der Waals surface area contributed by atoms with E-state index in [0.29, 0.717) is 18.7 Å². The number of rotatable bonds is 8. The van der Waals surface area contributed by atoms with Gasteiger partial charge in [0.2, 0.25) is 5.91 Å². The molecule has 0 aliphatic carbocycles. The molecule has 0 saturated heterocycles. The zero-order valence-electron chi connectivity index (χ0n) is 17.6. The Bertz CT molecular complexity index is 992. The maximum atomic E-state index is 12.3. The van der Waals surface area contributed by atoms with Gasteiger partial charge in [0.05, 0.1) is 12.5 Å². The molecule has 3 amide bonds. The van der Waals surface area contributed by atoms with Gasteiger partial charge >= 0.3 is 0 Å². The third-order valence-electron chi connectivity index (χ3n) is 4.45. The Labute approximate surface area is 193 Å². The van der Waals surface area contributed by atoms with Gasteiger partial charge in [-0.3, -0.25) is 19.6 Å². The average Bonchev–Trinajstić information content (AvgIpc) is 2.80. The zero-order valence-corrected chi connectivity index (χ0v) is 17.6. The second-order valence-electron chi connectivity index (χ2n) is 7.01. The van der Waals surface area contributed by atoms with Gasteiger partial charge in [0.15, 0.2) is 0 Å². The van der Waals surface area contributed by atoms with Crippen molar-refractivity contribution in [2.24, 2.45) is 5.73 Å². The number of amides is 3. The summed E-state index contributed by atoms with van der Waals surface area (Å²) < 4.78 is 0. The number of hydroxylamine groups is 1. The molecule has 0 heterocycles. The summed E-state index contributed by atoms with van der Waals surface area (Å²) in [5, 5.41) is 23.4. The fourth-order valence-electron chi connectivity index (χ4n) is 2.71. The molecule has 2 aromatic rings. The fraction of sp³-hybridized carbons (Fsp3) is 0.292. The molecule has 2 aromatic carbocycles. The third-order valence-corrected chi connectivity index (χ3v) is 4.45. The van der Waals surface area contributed by atoms with E-state index in [2.05, 4.69) is 22.5 Å².